The number of hydrogen-bond acceptors (Lipinski definition) is 3. The van der Waals surface area contributed by atoms with Crippen molar-refractivity contribution >= 4 is 17.4 Å². The van der Waals surface area contributed by atoms with Gasteiger partial charge in [0, 0.05) is 22.4 Å². The van der Waals surface area contributed by atoms with Crippen LogP contribution in [0.25, 0.3) is 0 Å². The summed E-state index contributed by atoms with van der Waals surface area (Å²) in [5.74, 6) is 0.963. The van der Waals surface area contributed by atoms with E-state index in [1.807, 2.05) is 17.8 Å². The van der Waals surface area contributed by atoms with Crippen LogP contribution in [0, 0.1) is 0 Å². The number of piperidine rings is 1. The van der Waals surface area contributed by atoms with E-state index >= 15 is 0 Å². The maximum atomic E-state index is 3.77. The monoisotopic (exact) mass is 248 g/mol. The van der Waals surface area contributed by atoms with Gasteiger partial charge in [-0.3, -0.25) is 0 Å². The summed E-state index contributed by atoms with van der Waals surface area (Å²) in [5.41, 5.74) is 1.27. The molecule has 1 heterocycles. The molecule has 0 amide bonds. The largest absolute Gasteiger partial charge is 0.381 e. The van der Waals surface area contributed by atoms with Crippen molar-refractivity contribution in [2.45, 2.75) is 23.8 Å². The van der Waals surface area contributed by atoms with Crippen LogP contribution in [-0.2, 0) is 0 Å². The second-order valence-corrected chi connectivity index (χ2v) is 5.33. The van der Waals surface area contributed by atoms with Crippen LogP contribution in [0.15, 0.2) is 41.8 Å². The molecule has 0 bridgehead atoms. The highest BCUT2D eigenvalue weighted by molar-refractivity contribution is 7.99. The van der Waals surface area contributed by atoms with Gasteiger partial charge in [-0.2, -0.15) is 0 Å². The minimum Gasteiger partial charge on any atom is -0.381 e. The van der Waals surface area contributed by atoms with Crippen LogP contribution in [0.4, 0.5) is 5.69 Å². The molecule has 17 heavy (non-hydrogen) atoms. The predicted octanol–water partition coefficient (Wildman–Crippen LogP) is 3.13. The molecule has 0 unspecified atom stereocenters. The van der Waals surface area contributed by atoms with Gasteiger partial charge in [0.1, 0.15) is 0 Å². The van der Waals surface area contributed by atoms with E-state index in [0.29, 0.717) is 6.04 Å². The Balaban J connectivity index is 2.00. The van der Waals surface area contributed by atoms with E-state index in [-0.39, 0.29) is 0 Å². The fraction of sp³-hybridized carbons (Fsp3) is 0.429. The normalized spacial score (nSPS) is 16.7. The zero-order chi connectivity index (χ0) is 11.9. The van der Waals surface area contributed by atoms with Crippen molar-refractivity contribution in [1.29, 1.82) is 0 Å². The Hall–Kier alpha value is -0.930. The molecule has 3 heteroatoms. The van der Waals surface area contributed by atoms with Gasteiger partial charge in [0.25, 0.3) is 0 Å². The van der Waals surface area contributed by atoms with E-state index in [1.54, 1.807) is 0 Å². The molecule has 0 atom stereocenters. The van der Waals surface area contributed by atoms with Gasteiger partial charge in [-0.05, 0) is 38.1 Å². The van der Waals surface area contributed by atoms with E-state index < -0.39 is 0 Å². The lowest BCUT2D eigenvalue weighted by atomic mass is 10.1. The highest BCUT2D eigenvalue weighted by Crippen LogP contribution is 2.28. The van der Waals surface area contributed by atoms with Gasteiger partial charge in [0.05, 0.1) is 0 Å². The van der Waals surface area contributed by atoms with Crippen LogP contribution in [-0.4, -0.2) is 24.9 Å². The van der Waals surface area contributed by atoms with Crippen molar-refractivity contribution in [2.75, 3.05) is 24.2 Å². The minimum absolute atomic E-state index is 0.613. The Bertz CT molecular complexity index is 359. The molecule has 0 spiro atoms. The third-order valence-electron chi connectivity index (χ3n) is 2.94. The molecule has 1 aliphatic heterocycles. The van der Waals surface area contributed by atoms with Gasteiger partial charge in [0.15, 0.2) is 0 Å². The number of benzene rings is 1. The third-order valence-corrected chi connectivity index (χ3v) is 4.01. The van der Waals surface area contributed by atoms with E-state index in [0.717, 1.165) is 18.8 Å². The van der Waals surface area contributed by atoms with E-state index in [4.69, 9.17) is 0 Å². The Kier molecular flexibility index (Phi) is 4.95. The Morgan fingerprint density at radius 3 is 2.88 bits per heavy atom. The number of nitrogens with one attached hydrogen (secondary N) is 2. The fourth-order valence-corrected chi connectivity index (χ4v) is 2.80. The van der Waals surface area contributed by atoms with Gasteiger partial charge in [-0.25, -0.2) is 0 Å². The first-order valence-electron chi connectivity index (χ1n) is 6.20. The second-order valence-electron chi connectivity index (χ2n) is 4.26. The SMILES string of the molecule is C=CCSc1ccccc1NC1CCNCC1. The van der Waals surface area contributed by atoms with Crippen molar-refractivity contribution in [1.82, 2.24) is 5.32 Å². The van der Waals surface area contributed by atoms with Crippen LogP contribution in [0.5, 0.6) is 0 Å². The fourth-order valence-electron chi connectivity index (χ4n) is 2.05. The molecule has 1 aromatic carbocycles. The van der Waals surface area contributed by atoms with Gasteiger partial charge in [-0.15, -0.1) is 18.3 Å². The zero-order valence-electron chi connectivity index (χ0n) is 10.1. The molecule has 0 saturated carbocycles. The van der Waals surface area contributed by atoms with Crippen molar-refractivity contribution in [3.05, 3.63) is 36.9 Å². The number of para-hydroxylation sites is 1. The van der Waals surface area contributed by atoms with E-state index in [9.17, 15) is 0 Å². The first-order chi connectivity index (χ1) is 8.40. The molecule has 0 radical (unpaired) electrons. The van der Waals surface area contributed by atoms with Gasteiger partial charge in [-0.1, -0.05) is 18.2 Å². The Morgan fingerprint density at radius 2 is 2.12 bits per heavy atom. The quantitative estimate of drug-likeness (QED) is 0.618. The summed E-state index contributed by atoms with van der Waals surface area (Å²) >= 11 is 1.84. The number of anilines is 1. The second kappa shape index (κ2) is 6.72. The molecule has 1 saturated heterocycles. The molecule has 0 aliphatic carbocycles. The lowest BCUT2D eigenvalue weighted by molar-refractivity contribution is 0.478. The summed E-state index contributed by atoms with van der Waals surface area (Å²) < 4.78 is 0. The van der Waals surface area contributed by atoms with Gasteiger partial charge in [0.2, 0.25) is 0 Å². The van der Waals surface area contributed by atoms with Crippen molar-refractivity contribution in [3.8, 4) is 0 Å². The van der Waals surface area contributed by atoms with E-state index in [1.165, 1.54) is 23.4 Å². The number of hydrogen-bond donors (Lipinski definition) is 2. The maximum absolute atomic E-state index is 3.77. The minimum atomic E-state index is 0.613. The van der Waals surface area contributed by atoms with Crippen LogP contribution >= 0.6 is 11.8 Å². The number of rotatable bonds is 5. The lowest BCUT2D eigenvalue weighted by Gasteiger charge is -2.25. The van der Waals surface area contributed by atoms with Crippen molar-refractivity contribution in [2.24, 2.45) is 0 Å². The first kappa shape index (κ1) is 12.5. The Labute approximate surface area is 108 Å². The summed E-state index contributed by atoms with van der Waals surface area (Å²) in [6, 6.07) is 9.16. The molecule has 2 rings (SSSR count). The van der Waals surface area contributed by atoms with Gasteiger partial charge >= 0.3 is 0 Å². The highest BCUT2D eigenvalue weighted by Gasteiger charge is 2.13. The van der Waals surface area contributed by atoms with Crippen LogP contribution in [0.1, 0.15) is 12.8 Å². The van der Waals surface area contributed by atoms with Crippen LogP contribution in [0.2, 0.25) is 0 Å². The molecule has 92 valence electrons. The van der Waals surface area contributed by atoms with Crippen LogP contribution < -0.4 is 10.6 Å². The highest BCUT2D eigenvalue weighted by atomic mass is 32.2. The molecule has 1 fully saturated rings. The third kappa shape index (κ3) is 3.79. The topological polar surface area (TPSA) is 24.1 Å². The average molecular weight is 248 g/mol. The summed E-state index contributed by atoms with van der Waals surface area (Å²) in [7, 11) is 0. The standard InChI is InChI=1S/C14H20N2S/c1-2-11-17-14-6-4-3-5-13(14)16-12-7-9-15-10-8-12/h2-6,12,15-16H,1,7-11H2. The predicted molar refractivity (Wildman–Crippen MR) is 76.9 cm³/mol. The van der Waals surface area contributed by atoms with Crippen molar-refractivity contribution < 1.29 is 0 Å². The molecular formula is C14H20N2S. The molecule has 2 nitrogen and oxygen atoms in total. The molecule has 1 aliphatic rings. The molecular weight excluding hydrogens is 228 g/mol. The molecule has 0 aromatic heterocycles. The number of thioether (sulfide) groups is 1. The first-order valence-corrected chi connectivity index (χ1v) is 7.18. The average Bonchev–Trinajstić information content (AvgIpc) is 2.39. The van der Waals surface area contributed by atoms with Gasteiger partial charge < -0.3 is 10.6 Å². The summed E-state index contributed by atoms with van der Waals surface area (Å²) in [6.07, 6.45) is 4.37. The van der Waals surface area contributed by atoms with E-state index in [2.05, 4.69) is 41.5 Å². The Morgan fingerprint density at radius 1 is 1.35 bits per heavy atom. The summed E-state index contributed by atoms with van der Waals surface area (Å²) in [6.45, 7) is 6.02. The lowest BCUT2D eigenvalue weighted by Crippen LogP contribution is -2.35. The molecule has 2 N–H and O–H groups in total. The molecule has 1 aromatic rings. The van der Waals surface area contributed by atoms with Crippen LogP contribution in [0.3, 0.4) is 0 Å². The summed E-state index contributed by atoms with van der Waals surface area (Å²) in [5, 5.41) is 7.05. The van der Waals surface area contributed by atoms with Crippen molar-refractivity contribution in [3.63, 3.8) is 0 Å². The maximum Gasteiger partial charge on any atom is 0.0480 e. The smallest absolute Gasteiger partial charge is 0.0480 e. The summed E-state index contributed by atoms with van der Waals surface area (Å²) in [4.78, 5) is 1.32. The zero-order valence-corrected chi connectivity index (χ0v) is 10.9.